The molecule has 0 bridgehead atoms. The Kier molecular flexibility index (Phi) is 6.21. The normalized spacial score (nSPS) is 35.3. The SMILES string of the molecule is CCC1(C)COCCN1CC1CCCNC1.Cl. The molecule has 4 heteroatoms. The van der Waals surface area contributed by atoms with E-state index in [1.54, 1.807) is 0 Å². The van der Waals surface area contributed by atoms with Gasteiger partial charge in [0.1, 0.15) is 0 Å². The van der Waals surface area contributed by atoms with Crippen molar-refractivity contribution in [1.82, 2.24) is 10.2 Å². The van der Waals surface area contributed by atoms with Crippen LogP contribution >= 0.6 is 12.4 Å². The molecule has 2 atom stereocenters. The minimum Gasteiger partial charge on any atom is -0.378 e. The quantitative estimate of drug-likeness (QED) is 0.841. The van der Waals surface area contributed by atoms with Gasteiger partial charge < -0.3 is 10.1 Å². The lowest BCUT2D eigenvalue weighted by atomic mass is 9.92. The van der Waals surface area contributed by atoms with E-state index in [2.05, 4.69) is 24.1 Å². The summed E-state index contributed by atoms with van der Waals surface area (Å²) >= 11 is 0. The summed E-state index contributed by atoms with van der Waals surface area (Å²) in [5.74, 6) is 0.845. The van der Waals surface area contributed by atoms with Crippen molar-refractivity contribution >= 4 is 12.4 Å². The van der Waals surface area contributed by atoms with E-state index >= 15 is 0 Å². The zero-order chi connectivity index (χ0) is 11.4. The van der Waals surface area contributed by atoms with Gasteiger partial charge in [-0.05, 0) is 45.2 Å². The maximum Gasteiger partial charge on any atom is 0.0648 e. The maximum atomic E-state index is 5.64. The second kappa shape index (κ2) is 6.93. The Bertz CT molecular complexity index is 221. The fourth-order valence-electron chi connectivity index (χ4n) is 2.86. The molecule has 2 aliphatic rings. The third kappa shape index (κ3) is 3.82. The van der Waals surface area contributed by atoms with Crippen molar-refractivity contribution in [3.05, 3.63) is 0 Å². The van der Waals surface area contributed by atoms with Crippen LogP contribution in [0.5, 0.6) is 0 Å². The number of morpholine rings is 1. The third-order valence-electron chi connectivity index (χ3n) is 4.32. The molecule has 0 aromatic heterocycles. The van der Waals surface area contributed by atoms with Crippen LogP contribution in [0.15, 0.2) is 0 Å². The number of hydrogen-bond acceptors (Lipinski definition) is 3. The van der Waals surface area contributed by atoms with Gasteiger partial charge >= 0.3 is 0 Å². The molecule has 2 saturated heterocycles. The Morgan fingerprint density at radius 3 is 2.94 bits per heavy atom. The first-order chi connectivity index (χ1) is 7.74. The fraction of sp³-hybridized carbons (Fsp3) is 1.00. The molecule has 2 rings (SSSR count). The molecule has 0 amide bonds. The molecule has 2 aliphatic heterocycles. The van der Waals surface area contributed by atoms with E-state index in [1.165, 1.54) is 38.9 Å². The Hall–Kier alpha value is 0.170. The van der Waals surface area contributed by atoms with E-state index in [0.29, 0.717) is 0 Å². The molecule has 1 N–H and O–H groups in total. The summed E-state index contributed by atoms with van der Waals surface area (Å²) < 4.78 is 5.64. The molecule has 17 heavy (non-hydrogen) atoms. The average Bonchev–Trinajstić information content (AvgIpc) is 2.34. The summed E-state index contributed by atoms with van der Waals surface area (Å²) in [6, 6.07) is 0. The number of halogens is 1. The lowest BCUT2D eigenvalue weighted by molar-refractivity contribution is -0.0687. The molecule has 2 heterocycles. The van der Waals surface area contributed by atoms with Crippen LogP contribution < -0.4 is 5.32 Å². The van der Waals surface area contributed by atoms with Crippen molar-refractivity contribution in [2.45, 2.75) is 38.6 Å². The first-order valence-corrected chi connectivity index (χ1v) is 6.78. The van der Waals surface area contributed by atoms with Crippen LogP contribution in [0.2, 0.25) is 0 Å². The van der Waals surface area contributed by atoms with Gasteiger partial charge in [-0.15, -0.1) is 12.4 Å². The highest BCUT2D eigenvalue weighted by Crippen LogP contribution is 2.25. The number of hydrogen-bond donors (Lipinski definition) is 1. The molecular formula is C13H27ClN2O. The van der Waals surface area contributed by atoms with Gasteiger partial charge in [-0.1, -0.05) is 6.92 Å². The summed E-state index contributed by atoms with van der Waals surface area (Å²) in [6.45, 7) is 11.2. The zero-order valence-electron chi connectivity index (χ0n) is 11.2. The minimum atomic E-state index is 0. The largest absolute Gasteiger partial charge is 0.378 e. The van der Waals surface area contributed by atoms with Crippen LogP contribution in [0.25, 0.3) is 0 Å². The van der Waals surface area contributed by atoms with E-state index < -0.39 is 0 Å². The van der Waals surface area contributed by atoms with Crippen molar-refractivity contribution in [1.29, 1.82) is 0 Å². The molecule has 0 saturated carbocycles. The molecule has 2 fully saturated rings. The highest BCUT2D eigenvalue weighted by molar-refractivity contribution is 5.85. The van der Waals surface area contributed by atoms with Gasteiger partial charge in [-0.3, -0.25) is 4.90 Å². The van der Waals surface area contributed by atoms with Gasteiger partial charge in [-0.25, -0.2) is 0 Å². The van der Waals surface area contributed by atoms with Gasteiger partial charge in [0.2, 0.25) is 0 Å². The minimum absolute atomic E-state index is 0. The Labute approximate surface area is 112 Å². The Morgan fingerprint density at radius 2 is 2.29 bits per heavy atom. The molecule has 102 valence electrons. The van der Waals surface area contributed by atoms with Gasteiger partial charge in [0.15, 0.2) is 0 Å². The number of rotatable bonds is 3. The van der Waals surface area contributed by atoms with Crippen LogP contribution in [0.1, 0.15) is 33.1 Å². The molecule has 0 spiro atoms. The van der Waals surface area contributed by atoms with Gasteiger partial charge in [0.25, 0.3) is 0 Å². The van der Waals surface area contributed by atoms with Gasteiger partial charge in [-0.2, -0.15) is 0 Å². The van der Waals surface area contributed by atoms with Crippen molar-refractivity contribution in [3.63, 3.8) is 0 Å². The second-order valence-electron chi connectivity index (χ2n) is 5.56. The number of nitrogens with zero attached hydrogens (tertiary/aromatic N) is 1. The molecular weight excluding hydrogens is 236 g/mol. The summed E-state index contributed by atoms with van der Waals surface area (Å²) in [6.07, 6.45) is 3.93. The highest BCUT2D eigenvalue weighted by atomic mass is 35.5. The molecule has 0 aromatic rings. The topological polar surface area (TPSA) is 24.5 Å². The van der Waals surface area contributed by atoms with E-state index in [4.69, 9.17) is 4.74 Å². The molecule has 2 unspecified atom stereocenters. The summed E-state index contributed by atoms with van der Waals surface area (Å²) in [5, 5.41) is 3.51. The van der Waals surface area contributed by atoms with Gasteiger partial charge in [0.05, 0.1) is 13.2 Å². The number of piperidine rings is 1. The maximum absolute atomic E-state index is 5.64. The average molecular weight is 263 g/mol. The molecule has 0 aliphatic carbocycles. The first kappa shape index (κ1) is 15.2. The predicted octanol–water partition coefficient (Wildman–Crippen LogP) is 1.91. The van der Waals surface area contributed by atoms with Crippen LogP contribution in [0.4, 0.5) is 0 Å². The molecule has 0 radical (unpaired) electrons. The number of nitrogens with one attached hydrogen (secondary N) is 1. The van der Waals surface area contributed by atoms with Crippen LogP contribution in [0.3, 0.4) is 0 Å². The van der Waals surface area contributed by atoms with Crippen LogP contribution in [-0.2, 0) is 4.74 Å². The zero-order valence-corrected chi connectivity index (χ0v) is 12.0. The first-order valence-electron chi connectivity index (χ1n) is 6.78. The van der Waals surface area contributed by atoms with Crippen molar-refractivity contribution in [2.24, 2.45) is 5.92 Å². The third-order valence-corrected chi connectivity index (χ3v) is 4.32. The monoisotopic (exact) mass is 262 g/mol. The lowest BCUT2D eigenvalue weighted by Gasteiger charge is -2.46. The molecule has 3 nitrogen and oxygen atoms in total. The Morgan fingerprint density at radius 1 is 1.47 bits per heavy atom. The van der Waals surface area contributed by atoms with Crippen LogP contribution in [0, 0.1) is 5.92 Å². The fourth-order valence-corrected chi connectivity index (χ4v) is 2.86. The van der Waals surface area contributed by atoms with Crippen LogP contribution in [-0.4, -0.2) is 49.8 Å². The summed E-state index contributed by atoms with van der Waals surface area (Å²) in [4.78, 5) is 2.66. The van der Waals surface area contributed by atoms with E-state index in [0.717, 1.165) is 25.7 Å². The smallest absolute Gasteiger partial charge is 0.0648 e. The standard InChI is InChI=1S/C13H26N2O.ClH/c1-3-13(2)11-16-8-7-15(13)10-12-5-4-6-14-9-12;/h12,14H,3-11H2,1-2H3;1H. The lowest BCUT2D eigenvalue weighted by Crippen LogP contribution is -2.56. The number of ether oxygens (including phenoxy) is 1. The van der Waals surface area contributed by atoms with E-state index in [1.807, 2.05) is 0 Å². The second-order valence-corrected chi connectivity index (χ2v) is 5.56. The Balaban J connectivity index is 0.00000144. The van der Waals surface area contributed by atoms with Gasteiger partial charge in [0, 0.05) is 18.6 Å². The predicted molar refractivity (Wildman–Crippen MR) is 73.9 cm³/mol. The van der Waals surface area contributed by atoms with Crippen molar-refractivity contribution in [2.75, 3.05) is 39.4 Å². The van der Waals surface area contributed by atoms with E-state index in [9.17, 15) is 0 Å². The van der Waals surface area contributed by atoms with Crippen molar-refractivity contribution < 1.29 is 4.74 Å². The molecule has 0 aromatic carbocycles. The summed E-state index contributed by atoms with van der Waals surface area (Å²) in [5.41, 5.74) is 0.274. The van der Waals surface area contributed by atoms with E-state index in [-0.39, 0.29) is 17.9 Å². The van der Waals surface area contributed by atoms with Crippen molar-refractivity contribution in [3.8, 4) is 0 Å². The summed E-state index contributed by atoms with van der Waals surface area (Å²) in [7, 11) is 0. The highest BCUT2D eigenvalue weighted by Gasteiger charge is 2.34.